The first-order valence-electron chi connectivity index (χ1n) is 7.84. The van der Waals surface area contributed by atoms with Gasteiger partial charge in [-0.25, -0.2) is 4.68 Å². The van der Waals surface area contributed by atoms with Crippen LogP contribution < -0.4 is 11.2 Å². The molecule has 0 spiro atoms. The maximum Gasteiger partial charge on any atom is 0.237 e. The number of anilines is 1. The van der Waals surface area contributed by atoms with E-state index in [1.807, 2.05) is 0 Å². The third-order valence-electron chi connectivity index (χ3n) is 3.67. The van der Waals surface area contributed by atoms with Gasteiger partial charge in [0.2, 0.25) is 11.1 Å². The Morgan fingerprint density at radius 1 is 1.07 bits per heavy atom. The number of nitrogens with one attached hydrogen (secondary N) is 1. The molecule has 1 atom stereocenters. The Bertz CT molecular complexity index is 1040. The molecule has 3 N–H and O–H groups in total. The van der Waals surface area contributed by atoms with Crippen LogP contribution in [0.5, 0.6) is 0 Å². The number of halogens is 4. The summed E-state index contributed by atoms with van der Waals surface area (Å²) in [4.78, 5) is 12.5. The Balaban J connectivity index is 1.75. The van der Waals surface area contributed by atoms with Crippen LogP contribution in [-0.2, 0) is 4.79 Å². The number of nitrogens with zero attached hydrogens (tertiary/aromatic N) is 3. The van der Waals surface area contributed by atoms with Gasteiger partial charge in [0.15, 0.2) is 5.82 Å². The van der Waals surface area contributed by atoms with E-state index in [4.69, 9.17) is 52.2 Å². The number of aromatic nitrogens is 3. The van der Waals surface area contributed by atoms with Crippen LogP contribution in [0.2, 0.25) is 20.1 Å². The molecule has 1 aromatic heterocycles. The van der Waals surface area contributed by atoms with E-state index in [2.05, 4.69) is 15.5 Å². The summed E-state index contributed by atoms with van der Waals surface area (Å²) in [7, 11) is 0. The van der Waals surface area contributed by atoms with Crippen molar-refractivity contribution < 1.29 is 4.79 Å². The molecule has 3 rings (SSSR count). The van der Waals surface area contributed by atoms with Crippen molar-refractivity contribution in [2.45, 2.75) is 17.3 Å². The van der Waals surface area contributed by atoms with E-state index in [0.717, 1.165) is 11.8 Å². The lowest BCUT2D eigenvalue weighted by Gasteiger charge is -2.13. The van der Waals surface area contributed by atoms with Crippen molar-refractivity contribution in [3.63, 3.8) is 0 Å². The molecule has 0 bridgehead atoms. The van der Waals surface area contributed by atoms with E-state index in [1.54, 1.807) is 43.3 Å². The molecule has 146 valence electrons. The lowest BCUT2D eigenvalue weighted by atomic mass is 10.2. The second kappa shape index (κ2) is 8.80. The van der Waals surface area contributed by atoms with Gasteiger partial charge in [0, 0.05) is 15.6 Å². The zero-order valence-electron chi connectivity index (χ0n) is 14.3. The standard InChI is InChI=1S/C17H13Cl4N5OS/c1-8(16(27)23-14-5-3-10(19)7-13(14)21)28-17-25-24-15(26(17)22)11-6-9(18)2-4-12(11)20/h2-8H,22H2,1H3,(H,23,27). The first-order valence-corrected chi connectivity index (χ1v) is 10.2. The van der Waals surface area contributed by atoms with Gasteiger partial charge in [0.1, 0.15) is 0 Å². The highest BCUT2D eigenvalue weighted by atomic mass is 35.5. The van der Waals surface area contributed by atoms with Gasteiger partial charge in [0.25, 0.3) is 0 Å². The fraction of sp³-hybridized carbons (Fsp3) is 0.118. The average Bonchev–Trinajstić information content (AvgIpc) is 2.99. The smallest absolute Gasteiger partial charge is 0.237 e. The van der Waals surface area contributed by atoms with Crippen LogP contribution >= 0.6 is 58.2 Å². The van der Waals surface area contributed by atoms with E-state index in [-0.39, 0.29) is 5.91 Å². The summed E-state index contributed by atoms with van der Waals surface area (Å²) in [6.07, 6.45) is 0. The maximum atomic E-state index is 12.5. The van der Waals surface area contributed by atoms with E-state index in [9.17, 15) is 4.79 Å². The predicted octanol–water partition coefficient (Wildman–Crippen LogP) is 5.39. The van der Waals surface area contributed by atoms with Gasteiger partial charge < -0.3 is 11.2 Å². The van der Waals surface area contributed by atoms with Crippen molar-refractivity contribution in [1.29, 1.82) is 0 Å². The quantitative estimate of drug-likeness (QED) is 0.380. The molecule has 0 saturated carbocycles. The Kier molecular flexibility index (Phi) is 6.62. The third kappa shape index (κ3) is 4.67. The molecule has 28 heavy (non-hydrogen) atoms. The Labute approximate surface area is 185 Å². The number of nitrogens with two attached hydrogens (primary N) is 1. The van der Waals surface area contributed by atoms with Crippen LogP contribution in [0.15, 0.2) is 41.6 Å². The van der Waals surface area contributed by atoms with Crippen molar-refractivity contribution in [2.75, 3.05) is 11.2 Å². The molecular formula is C17H13Cl4N5OS. The summed E-state index contributed by atoms with van der Waals surface area (Å²) in [5.41, 5.74) is 1.00. The zero-order valence-corrected chi connectivity index (χ0v) is 18.1. The largest absolute Gasteiger partial charge is 0.335 e. The number of benzene rings is 2. The number of hydrogen-bond acceptors (Lipinski definition) is 5. The minimum atomic E-state index is -0.527. The molecule has 0 saturated heterocycles. The number of carbonyl (C=O) groups is 1. The molecule has 11 heteroatoms. The third-order valence-corrected chi connectivity index (χ3v) is 5.84. The van der Waals surface area contributed by atoms with Crippen LogP contribution in [0.25, 0.3) is 11.4 Å². The van der Waals surface area contributed by atoms with Crippen molar-refractivity contribution in [3.8, 4) is 11.4 Å². The van der Waals surface area contributed by atoms with Gasteiger partial charge in [-0.1, -0.05) is 58.2 Å². The molecule has 3 aromatic rings. The summed E-state index contributed by atoms with van der Waals surface area (Å²) in [5, 5.41) is 12.4. The fourth-order valence-electron chi connectivity index (χ4n) is 2.25. The second-order valence-corrected chi connectivity index (χ2v) is 8.67. The van der Waals surface area contributed by atoms with E-state index in [0.29, 0.717) is 42.3 Å². The molecule has 0 aliphatic heterocycles. The fourth-order valence-corrected chi connectivity index (χ4v) is 3.85. The van der Waals surface area contributed by atoms with E-state index in [1.165, 1.54) is 4.68 Å². The Morgan fingerprint density at radius 3 is 2.46 bits per heavy atom. The van der Waals surface area contributed by atoms with Crippen molar-refractivity contribution in [1.82, 2.24) is 14.9 Å². The van der Waals surface area contributed by atoms with Gasteiger partial charge in [-0.05, 0) is 43.3 Å². The number of nitrogen functional groups attached to an aromatic ring is 1. The molecule has 6 nitrogen and oxygen atoms in total. The maximum absolute atomic E-state index is 12.5. The number of hydrogen-bond donors (Lipinski definition) is 2. The number of rotatable bonds is 5. The average molecular weight is 477 g/mol. The molecule has 0 aliphatic rings. The Hall–Kier alpha value is -1.64. The summed E-state index contributed by atoms with van der Waals surface area (Å²) in [6, 6.07) is 9.77. The molecule has 1 amide bonds. The predicted molar refractivity (Wildman–Crippen MR) is 116 cm³/mol. The van der Waals surface area contributed by atoms with Gasteiger partial charge in [-0.2, -0.15) is 0 Å². The SMILES string of the molecule is CC(Sc1nnc(-c2cc(Cl)ccc2Cl)n1N)C(=O)Nc1ccc(Cl)cc1Cl. The van der Waals surface area contributed by atoms with Gasteiger partial charge >= 0.3 is 0 Å². The van der Waals surface area contributed by atoms with E-state index < -0.39 is 5.25 Å². The monoisotopic (exact) mass is 475 g/mol. The first-order chi connectivity index (χ1) is 13.3. The highest BCUT2D eigenvalue weighted by Crippen LogP contribution is 2.32. The highest BCUT2D eigenvalue weighted by molar-refractivity contribution is 8.00. The molecular weight excluding hydrogens is 464 g/mol. The van der Waals surface area contributed by atoms with Crippen molar-refractivity contribution in [3.05, 3.63) is 56.5 Å². The molecule has 0 aliphatic carbocycles. The van der Waals surface area contributed by atoms with Crippen molar-refractivity contribution >= 4 is 69.8 Å². The second-order valence-electron chi connectivity index (χ2n) is 5.67. The summed E-state index contributed by atoms with van der Waals surface area (Å²) < 4.78 is 1.27. The van der Waals surface area contributed by atoms with Crippen LogP contribution in [0.3, 0.4) is 0 Å². The number of amides is 1. The van der Waals surface area contributed by atoms with Gasteiger partial charge in [0.05, 0.1) is 21.0 Å². The van der Waals surface area contributed by atoms with Crippen molar-refractivity contribution in [2.24, 2.45) is 0 Å². The topological polar surface area (TPSA) is 85.8 Å². The molecule has 1 unspecified atom stereocenters. The number of thioether (sulfide) groups is 1. The molecule has 2 aromatic carbocycles. The van der Waals surface area contributed by atoms with E-state index >= 15 is 0 Å². The lowest BCUT2D eigenvalue weighted by Crippen LogP contribution is -2.23. The highest BCUT2D eigenvalue weighted by Gasteiger charge is 2.21. The number of carbonyl (C=O) groups excluding carboxylic acids is 1. The summed E-state index contributed by atoms with van der Waals surface area (Å²) in [6.45, 7) is 1.71. The minimum absolute atomic E-state index is 0.278. The first kappa shape index (κ1) is 21.1. The van der Waals surface area contributed by atoms with Crippen LogP contribution in [0.4, 0.5) is 5.69 Å². The van der Waals surface area contributed by atoms with Crippen LogP contribution in [0.1, 0.15) is 6.92 Å². The van der Waals surface area contributed by atoms with Crippen LogP contribution in [-0.4, -0.2) is 26.0 Å². The van der Waals surface area contributed by atoms with Gasteiger partial charge in [-0.3, -0.25) is 4.79 Å². The minimum Gasteiger partial charge on any atom is -0.335 e. The summed E-state index contributed by atoms with van der Waals surface area (Å²) >= 11 is 25.3. The lowest BCUT2D eigenvalue weighted by molar-refractivity contribution is -0.115. The summed E-state index contributed by atoms with van der Waals surface area (Å²) in [5.74, 6) is 6.16. The molecule has 0 fully saturated rings. The Morgan fingerprint density at radius 2 is 1.75 bits per heavy atom. The van der Waals surface area contributed by atoms with Gasteiger partial charge in [-0.15, -0.1) is 10.2 Å². The zero-order chi connectivity index (χ0) is 20.4. The molecule has 1 heterocycles. The normalized spacial score (nSPS) is 12.0. The molecule has 0 radical (unpaired) electrons. The van der Waals surface area contributed by atoms with Crippen LogP contribution in [0, 0.1) is 0 Å².